The maximum Gasteiger partial charge on any atom is 0.160 e. The van der Waals surface area contributed by atoms with Crippen LogP contribution in [0.1, 0.15) is 12.7 Å². The summed E-state index contributed by atoms with van der Waals surface area (Å²) in [6, 6.07) is 32.2. The Hall–Kier alpha value is -4.30. The van der Waals surface area contributed by atoms with E-state index in [2.05, 4.69) is 97.6 Å². The molecule has 5 aromatic carbocycles. The number of rotatable bonds is 4. The van der Waals surface area contributed by atoms with E-state index in [1.165, 1.54) is 38.4 Å². The minimum absolute atomic E-state index is 0.713. The van der Waals surface area contributed by atoms with Gasteiger partial charge in [-0.15, -0.1) is 0 Å². The maximum absolute atomic E-state index is 4.92. The van der Waals surface area contributed by atoms with Crippen molar-refractivity contribution >= 4 is 38.2 Å². The standard InChI is InChI=1S/C31H22N2/c1-3-20(4-2)31-32-27-17-15-23-25(21-11-7-5-8-12-21)19-26(22-13-9-6-10-14-22)24-16-18-28(33-31)30(27)29(23)24/h3-19H,1H2,2H3/b20-4+. The molecule has 0 N–H and O–H groups in total. The van der Waals surface area contributed by atoms with Crippen molar-refractivity contribution in [1.82, 2.24) is 9.97 Å². The van der Waals surface area contributed by atoms with Crippen LogP contribution in [0.5, 0.6) is 0 Å². The summed E-state index contributed by atoms with van der Waals surface area (Å²) in [6.07, 6.45) is 3.81. The zero-order chi connectivity index (χ0) is 22.4. The predicted octanol–water partition coefficient (Wildman–Crippen LogP) is 8.30. The van der Waals surface area contributed by atoms with Gasteiger partial charge in [-0.2, -0.15) is 0 Å². The van der Waals surface area contributed by atoms with E-state index in [1.54, 1.807) is 0 Å². The van der Waals surface area contributed by atoms with Gasteiger partial charge in [0, 0.05) is 16.3 Å². The van der Waals surface area contributed by atoms with E-state index in [0.29, 0.717) is 5.82 Å². The number of allylic oxidation sites excluding steroid dienone is 3. The molecule has 0 bridgehead atoms. The van der Waals surface area contributed by atoms with Gasteiger partial charge in [0.25, 0.3) is 0 Å². The highest BCUT2D eigenvalue weighted by Gasteiger charge is 2.18. The van der Waals surface area contributed by atoms with Crippen molar-refractivity contribution in [2.45, 2.75) is 6.92 Å². The van der Waals surface area contributed by atoms with Gasteiger partial charge in [-0.1, -0.05) is 91.5 Å². The first-order valence-corrected chi connectivity index (χ1v) is 11.2. The number of benzene rings is 5. The zero-order valence-corrected chi connectivity index (χ0v) is 18.4. The molecule has 0 aliphatic carbocycles. The zero-order valence-electron chi connectivity index (χ0n) is 18.4. The summed E-state index contributed by atoms with van der Waals surface area (Å²) >= 11 is 0. The van der Waals surface area contributed by atoms with Gasteiger partial charge in [0.1, 0.15) is 0 Å². The van der Waals surface area contributed by atoms with Crippen LogP contribution in [0.4, 0.5) is 0 Å². The van der Waals surface area contributed by atoms with Crippen LogP contribution in [-0.4, -0.2) is 9.97 Å². The van der Waals surface area contributed by atoms with Gasteiger partial charge in [-0.3, -0.25) is 0 Å². The van der Waals surface area contributed by atoms with Gasteiger partial charge < -0.3 is 0 Å². The van der Waals surface area contributed by atoms with Crippen LogP contribution in [0, 0.1) is 0 Å². The molecule has 0 aliphatic heterocycles. The third-order valence-corrected chi connectivity index (χ3v) is 6.40. The van der Waals surface area contributed by atoms with Crippen molar-refractivity contribution in [3.63, 3.8) is 0 Å². The summed E-state index contributed by atoms with van der Waals surface area (Å²) in [7, 11) is 0. The second-order valence-electron chi connectivity index (χ2n) is 8.21. The van der Waals surface area contributed by atoms with E-state index in [0.717, 1.165) is 22.0 Å². The monoisotopic (exact) mass is 422 g/mol. The predicted molar refractivity (Wildman–Crippen MR) is 140 cm³/mol. The molecule has 6 rings (SSSR count). The van der Waals surface area contributed by atoms with E-state index in [1.807, 2.05) is 19.1 Å². The molecule has 0 radical (unpaired) electrons. The van der Waals surface area contributed by atoms with Crippen LogP contribution in [-0.2, 0) is 0 Å². The molecule has 0 amide bonds. The number of hydrogen-bond acceptors (Lipinski definition) is 2. The first-order chi connectivity index (χ1) is 16.3. The summed E-state index contributed by atoms with van der Waals surface area (Å²) < 4.78 is 0. The lowest BCUT2D eigenvalue weighted by Gasteiger charge is -2.18. The first kappa shape index (κ1) is 19.4. The molecule has 0 fully saturated rings. The molecule has 2 heteroatoms. The Morgan fingerprint density at radius 3 is 1.64 bits per heavy atom. The van der Waals surface area contributed by atoms with Gasteiger partial charge in [0.2, 0.25) is 0 Å². The molecule has 0 saturated carbocycles. The minimum atomic E-state index is 0.713. The fourth-order valence-corrected chi connectivity index (χ4v) is 4.83. The summed E-state index contributed by atoms with van der Waals surface area (Å²) in [4.78, 5) is 9.85. The van der Waals surface area contributed by atoms with Crippen molar-refractivity contribution in [2.75, 3.05) is 0 Å². The van der Waals surface area contributed by atoms with Crippen LogP contribution in [0.25, 0.3) is 60.4 Å². The number of hydrogen-bond donors (Lipinski definition) is 0. The summed E-state index contributed by atoms with van der Waals surface area (Å²) in [5, 5.41) is 4.78. The SMILES string of the molecule is C=C/C(=C\C)c1nc2ccc3c(-c4ccccc4)cc(-c4ccccc4)c4ccc(n1)c2c34. The molecule has 0 unspecified atom stereocenters. The molecular formula is C31H22N2. The van der Waals surface area contributed by atoms with Crippen molar-refractivity contribution in [3.05, 3.63) is 116 Å². The Balaban J connectivity index is 1.79. The minimum Gasteiger partial charge on any atom is -0.228 e. The van der Waals surface area contributed by atoms with Crippen LogP contribution < -0.4 is 0 Å². The molecule has 33 heavy (non-hydrogen) atoms. The molecule has 6 aromatic rings. The van der Waals surface area contributed by atoms with Crippen LogP contribution in [0.15, 0.2) is 110 Å². The van der Waals surface area contributed by atoms with Gasteiger partial charge >= 0.3 is 0 Å². The Kier molecular flexibility index (Phi) is 4.51. The van der Waals surface area contributed by atoms with Crippen molar-refractivity contribution in [1.29, 1.82) is 0 Å². The fourth-order valence-electron chi connectivity index (χ4n) is 4.83. The fraction of sp³-hybridized carbons (Fsp3) is 0.0323. The summed E-state index contributed by atoms with van der Waals surface area (Å²) in [5.41, 5.74) is 7.71. The quantitative estimate of drug-likeness (QED) is 0.211. The molecule has 0 atom stereocenters. The molecular weight excluding hydrogens is 400 g/mol. The van der Waals surface area contributed by atoms with Gasteiger partial charge in [-0.25, -0.2) is 9.97 Å². The second kappa shape index (κ2) is 7.68. The highest BCUT2D eigenvalue weighted by Crippen LogP contribution is 2.43. The first-order valence-electron chi connectivity index (χ1n) is 11.2. The van der Waals surface area contributed by atoms with Crippen LogP contribution in [0.2, 0.25) is 0 Å². The van der Waals surface area contributed by atoms with E-state index in [4.69, 9.17) is 9.97 Å². The van der Waals surface area contributed by atoms with Crippen LogP contribution >= 0.6 is 0 Å². The smallest absolute Gasteiger partial charge is 0.160 e. The van der Waals surface area contributed by atoms with Crippen molar-refractivity contribution < 1.29 is 0 Å². The Morgan fingerprint density at radius 2 is 1.18 bits per heavy atom. The van der Waals surface area contributed by atoms with Gasteiger partial charge in [-0.05, 0) is 58.1 Å². The van der Waals surface area contributed by atoms with Crippen LogP contribution in [0.3, 0.4) is 0 Å². The third kappa shape index (κ3) is 3.03. The van der Waals surface area contributed by atoms with E-state index < -0.39 is 0 Å². The lowest BCUT2D eigenvalue weighted by molar-refractivity contribution is 1.20. The Labute approximate surface area is 192 Å². The molecule has 2 nitrogen and oxygen atoms in total. The van der Waals surface area contributed by atoms with Crippen molar-refractivity contribution in [2.24, 2.45) is 0 Å². The summed E-state index contributed by atoms with van der Waals surface area (Å²) in [6.45, 7) is 5.92. The molecule has 1 heterocycles. The molecule has 0 aliphatic rings. The second-order valence-corrected chi connectivity index (χ2v) is 8.21. The number of nitrogens with zero attached hydrogens (tertiary/aromatic N) is 2. The molecule has 156 valence electrons. The average Bonchev–Trinajstić information content (AvgIpc) is 2.88. The summed E-state index contributed by atoms with van der Waals surface area (Å²) in [5.74, 6) is 0.713. The maximum atomic E-state index is 4.92. The normalized spacial score (nSPS) is 12.1. The van der Waals surface area contributed by atoms with E-state index in [-0.39, 0.29) is 0 Å². The highest BCUT2D eigenvalue weighted by atomic mass is 14.9. The third-order valence-electron chi connectivity index (χ3n) is 6.40. The topological polar surface area (TPSA) is 25.8 Å². The van der Waals surface area contributed by atoms with Crippen molar-refractivity contribution in [3.8, 4) is 22.3 Å². The van der Waals surface area contributed by atoms with Gasteiger partial charge in [0.15, 0.2) is 5.82 Å². The molecule has 1 aromatic heterocycles. The van der Waals surface area contributed by atoms with Gasteiger partial charge in [0.05, 0.1) is 11.0 Å². The van der Waals surface area contributed by atoms with E-state index in [9.17, 15) is 0 Å². The Bertz CT molecular complexity index is 1560. The highest BCUT2D eigenvalue weighted by molar-refractivity contribution is 6.27. The lowest BCUT2D eigenvalue weighted by atomic mass is 9.87. The van der Waals surface area contributed by atoms with E-state index >= 15 is 0 Å². The average molecular weight is 423 g/mol. The molecule has 0 spiro atoms. The lowest BCUT2D eigenvalue weighted by Crippen LogP contribution is -1.97. The largest absolute Gasteiger partial charge is 0.228 e. The number of aromatic nitrogens is 2. The Morgan fingerprint density at radius 1 is 0.667 bits per heavy atom. The molecule has 0 saturated heterocycles.